The molecule has 0 radical (unpaired) electrons. The average molecular weight is 482 g/mol. The number of rotatable bonds is 3. The molecule has 0 atom stereocenters. The Labute approximate surface area is 206 Å². The molecule has 0 N–H and O–H groups in total. The minimum Gasteiger partial charge on any atom is -0.339 e. The fourth-order valence-electron chi connectivity index (χ4n) is 4.12. The first kappa shape index (κ1) is 23.7. The summed E-state index contributed by atoms with van der Waals surface area (Å²) in [4.78, 5) is 23.8. The van der Waals surface area contributed by atoms with E-state index in [1.54, 1.807) is 18.3 Å². The summed E-state index contributed by atoms with van der Waals surface area (Å²) in [7, 11) is 0. The van der Waals surface area contributed by atoms with Crippen molar-refractivity contribution in [2.45, 2.75) is 46.0 Å². The summed E-state index contributed by atoms with van der Waals surface area (Å²) in [5, 5.41) is 0.889. The van der Waals surface area contributed by atoms with Gasteiger partial charge in [-0.15, -0.1) is 0 Å². The molecule has 172 valence electrons. The predicted molar refractivity (Wildman–Crippen MR) is 136 cm³/mol. The molecule has 0 aliphatic carbocycles. The highest BCUT2D eigenvalue weighted by Crippen LogP contribution is 2.38. The number of nitrogens with zero attached hydrogens (tertiary/aromatic N) is 3. The van der Waals surface area contributed by atoms with Gasteiger partial charge < -0.3 is 4.90 Å². The van der Waals surface area contributed by atoms with E-state index in [1.807, 2.05) is 29.4 Å². The van der Waals surface area contributed by atoms with Crippen LogP contribution in [0.5, 0.6) is 0 Å². The van der Waals surface area contributed by atoms with Crippen LogP contribution in [0.4, 0.5) is 0 Å². The van der Waals surface area contributed by atoms with Crippen LogP contribution in [-0.4, -0.2) is 33.9 Å². The van der Waals surface area contributed by atoms with E-state index in [4.69, 9.17) is 23.2 Å². The number of hydrogen-bond donors (Lipinski definition) is 0. The van der Waals surface area contributed by atoms with E-state index in [2.05, 4.69) is 43.7 Å². The highest BCUT2D eigenvalue weighted by molar-refractivity contribution is 6.39. The molecular weight excluding hydrogens is 453 g/mol. The van der Waals surface area contributed by atoms with Gasteiger partial charge in [-0.05, 0) is 54.7 Å². The number of aromatic nitrogens is 2. The first-order valence-corrected chi connectivity index (χ1v) is 12.1. The lowest BCUT2D eigenvalue weighted by Crippen LogP contribution is -2.37. The molecular formula is C27H29Cl2N3O. The Morgan fingerprint density at radius 3 is 2.24 bits per heavy atom. The second kappa shape index (κ2) is 9.44. The quantitative estimate of drug-likeness (QED) is 0.394. The maximum absolute atomic E-state index is 13.0. The molecule has 2 aromatic heterocycles. The van der Waals surface area contributed by atoms with Crippen molar-refractivity contribution in [1.82, 2.24) is 14.9 Å². The van der Waals surface area contributed by atoms with Crippen LogP contribution >= 0.6 is 23.2 Å². The summed E-state index contributed by atoms with van der Waals surface area (Å²) in [5.41, 5.74) is 4.96. The molecule has 1 saturated heterocycles. The molecule has 3 aromatic rings. The fraction of sp³-hybridized carbons (Fsp3) is 0.370. The minimum absolute atomic E-state index is 0.0179. The van der Waals surface area contributed by atoms with Gasteiger partial charge in [0.1, 0.15) is 0 Å². The first-order valence-electron chi connectivity index (χ1n) is 11.3. The highest BCUT2D eigenvalue weighted by atomic mass is 35.5. The van der Waals surface area contributed by atoms with Gasteiger partial charge in [0.2, 0.25) is 0 Å². The average Bonchev–Trinajstić information content (AvgIpc) is 2.78. The maximum atomic E-state index is 13.0. The van der Waals surface area contributed by atoms with Gasteiger partial charge in [0.15, 0.2) is 0 Å². The van der Waals surface area contributed by atoms with Gasteiger partial charge in [0.05, 0.1) is 10.0 Å². The van der Waals surface area contributed by atoms with Crippen molar-refractivity contribution in [3.05, 3.63) is 70.2 Å². The van der Waals surface area contributed by atoms with Crippen LogP contribution in [0.3, 0.4) is 0 Å². The number of halogens is 2. The molecule has 33 heavy (non-hydrogen) atoms. The summed E-state index contributed by atoms with van der Waals surface area (Å²) in [6, 6.07) is 9.53. The van der Waals surface area contributed by atoms with Crippen molar-refractivity contribution in [3.8, 4) is 22.3 Å². The number of piperidine rings is 1. The molecule has 0 unspecified atom stereocenters. The summed E-state index contributed by atoms with van der Waals surface area (Å²) in [5.74, 6) is 0.638. The number of hydrogen-bond acceptors (Lipinski definition) is 3. The van der Waals surface area contributed by atoms with Gasteiger partial charge in [-0.1, -0.05) is 50.9 Å². The van der Waals surface area contributed by atoms with Crippen LogP contribution in [0.25, 0.3) is 22.3 Å². The maximum Gasteiger partial charge on any atom is 0.253 e. The monoisotopic (exact) mass is 481 g/mol. The molecule has 4 rings (SSSR count). The SMILES string of the molecule is CC1CCN(C(=O)c2cc(Cl)c(-c3cncc(-c4ccnc(C(C)(C)C)c4)c3)c(Cl)c2)CC1. The molecule has 4 nitrogen and oxygen atoms in total. The molecule has 0 spiro atoms. The Morgan fingerprint density at radius 1 is 0.970 bits per heavy atom. The van der Waals surface area contributed by atoms with E-state index in [-0.39, 0.29) is 11.3 Å². The van der Waals surface area contributed by atoms with Crippen LogP contribution in [0.2, 0.25) is 10.0 Å². The highest BCUT2D eigenvalue weighted by Gasteiger charge is 2.23. The Hall–Kier alpha value is -2.43. The van der Waals surface area contributed by atoms with Gasteiger partial charge >= 0.3 is 0 Å². The molecule has 1 aliphatic rings. The number of carbonyl (C=O) groups is 1. The third kappa shape index (κ3) is 5.23. The van der Waals surface area contributed by atoms with Crippen LogP contribution in [0.15, 0.2) is 48.9 Å². The molecule has 1 fully saturated rings. The third-order valence-corrected chi connectivity index (χ3v) is 6.84. The Morgan fingerprint density at radius 2 is 1.61 bits per heavy atom. The fourth-order valence-corrected chi connectivity index (χ4v) is 4.83. The van der Waals surface area contributed by atoms with Crippen LogP contribution < -0.4 is 0 Å². The lowest BCUT2D eigenvalue weighted by Gasteiger charge is -2.30. The number of amides is 1. The number of carbonyl (C=O) groups excluding carboxylic acids is 1. The summed E-state index contributed by atoms with van der Waals surface area (Å²) in [6.45, 7) is 10.2. The van der Waals surface area contributed by atoms with Crippen molar-refractivity contribution >= 4 is 29.1 Å². The Balaban J connectivity index is 1.66. The largest absolute Gasteiger partial charge is 0.339 e. The minimum atomic E-state index is -0.0531. The zero-order valence-electron chi connectivity index (χ0n) is 19.5. The van der Waals surface area contributed by atoms with E-state index in [0.717, 1.165) is 48.3 Å². The van der Waals surface area contributed by atoms with Crippen LogP contribution in [0, 0.1) is 5.92 Å². The van der Waals surface area contributed by atoms with Crippen LogP contribution in [0.1, 0.15) is 56.6 Å². The van der Waals surface area contributed by atoms with E-state index in [0.29, 0.717) is 27.1 Å². The summed E-state index contributed by atoms with van der Waals surface area (Å²) < 4.78 is 0. The summed E-state index contributed by atoms with van der Waals surface area (Å²) in [6.07, 6.45) is 7.44. The first-order chi connectivity index (χ1) is 15.6. The second-order valence-corrected chi connectivity index (χ2v) is 10.7. The lowest BCUT2D eigenvalue weighted by molar-refractivity contribution is 0.0697. The normalized spacial score (nSPS) is 15.0. The molecule has 1 aliphatic heterocycles. The Kier molecular flexibility index (Phi) is 6.78. The lowest BCUT2D eigenvalue weighted by atomic mass is 9.90. The predicted octanol–water partition coefficient (Wildman–Crippen LogP) is 7.29. The standard InChI is InChI=1S/C27H29Cl2N3O/c1-17-6-9-32(10-7-17)26(33)19-12-22(28)25(23(29)13-19)21-11-20(15-30-16-21)18-5-8-31-24(14-18)27(2,3)4/h5,8,11-17H,6-7,9-10H2,1-4H3. The van der Waals surface area contributed by atoms with Crippen molar-refractivity contribution in [2.75, 3.05) is 13.1 Å². The van der Waals surface area contributed by atoms with Crippen molar-refractivity contribution in [3.63, 3.8) is 0 Å². The van der Waals surface area contributed by atoms with Gasteiger partial charge in [-0.3, -0.25) is 14.8 Å². The van der Waals surface area contributed by atoms with Crippen molar-refractivity contribution in [2.24, 2.45) is 5.92 Å². The van der Waals surface area contributed by atoms with Gasteiger partial charge in [-0.25, -0.2) is 0 Å². The number of benzene rings is 1. The van der Waals surface area contributed by atoms with Crippen molar-refractivity contribution < 1.29 is 4.79 Å². The van der Waals surface area contributed by atoms with Gasteiger partial charge in [0.25, 0.3) is 5.91 Å². The van der Waals surface area contributed by atoms with Gasteiger partial charge in [0, 0.05) is 65.0 Å². The zero-order chi connectivity index (χ0) is 23.8. The van der Waals surface area contributed by atoms with Gasteiger partial charge in [-0.2, -0.15) is 0 Å². The molecule has 1 aromatic carbocycles. The summed E-state index contributed by atoms with van der Waals surface area (Å²) >= 11 is 13.3. The second-order valence-electron chi connectivity index (χ2n) is 9.93. The van der Waals surface area contributed by atoms with Crippen LogP contribution in [-0.2, 0) is 5.41 Å². The number of pyridine rings is 2. The third-order valence-electron chi connectivity index (χ3n) is 6.25. The zero-order valence-corrected chi connectivity index (χ0v) is 21.0. The van der Waals surface area contributed by atoms with E-state index in [9.17, 15) is 4.79 Å². The number of likely N-dealkylation sites (tertiary alicyclic amines) is 1. The molecule has 1 amide bonds. The molecule has 3 heterocycles. The topological polar surface area (TPSA) is 46.1 Å². The van der Waals surface area contributed by atoms with E-state index >= 15 is 0 Å². The molecule has 6 heteroatoms. The van der Waals surface area contributed by atoms with Crippen molar-refractivity contribution in [1.29, 1.82) is 0 Å². The smallest absolute Gasteiger partial charge is 0.253 e. The Bertz CT molecular complexity index is 1150. The molecule has 0 saturated carbocycles. The van der Waals surface area contributed by atoms with E-state index < -0.39 is 0 Å². The molecule has 0 bridgehead atoms. The van der Waals surface area contributed by atoms with E-state index in [1.165, 1.54) is 0 Å².